The fraction of sp³-hybridized carbons (Fsp3) is 0.800. The van der Waals surface area contributed by atoms with Crippen LogP contribution in [-0.2, 0) is 19.7 Å². The number of nitrogens with one attached hydrogen (secondary N) is 2. The van der Waals surface area contributed by atoms with E-state index < -0.39 is 16.2 Å². The van der Waals surface area contributed by atoms with E-state index in [4.69, 9.17) is 0 Å². The predicted molar refractivity (Wildman–Crippen MR) is 42.6 cm³/mol. The summed E-state index contributed by atoms with van der Waals surface area (Å²) in [6, 6.07) is 0. The topological polar surface area (TPSA) is 84.5 Å². The van der Waals surface area contributed by atoms with Gasteiger partial charge in [-0.05, 0) is 0 Å². The summed E-state index contributed by atoms with van der Waals surface area (Å²) in [5.74, 6) is -0.628. The van der Waals surface area contributed by atoms with Gasteiger partial charge in [0, 0.05) is 6.54 Å². The van der Waals surface area contributed by atoms with Gasteiger partial charge in [-0.15, -0.1) is 0 Å². The number of rotatable bonds is 5. The van der Waals surface area contributed by atoms with Crippen LogP contribution in [-0.4, -0.2) is 34.6 Å². The van der Waals surface area contributed by atoms with Gasteiger partial charge in [0.1, 0.15) is 6.54 Å². The van der Waals surface area contributed by atoms with Crippen molar-refractivity contribution in [3.05, 3.63) is 0 Å². The zero-order valence-electron chi connectivity index (χ0n) is 6.96. The second kappa shape index (κ2) is 5.07. The highest BCUT2D eigenvalue weighted by Crippen LogP contribution is 1.76. The van der Waals surface area contributed by atoms with Gasteiger partial charge in [-0.2, -0.15) is 13.1 Å². The van der Waals surface area contributed by atoms with Crippen molar-refractivity contribution in [1.82, 2.24) is 9.44 Å². The van der Waals surface area contributed by atoms with E-state index in [1.165, 1.54) is 7.11 Å². The summed E-state index contributed by atoms with van der Waals surface area (Å²) in [5.41, 5.74) is 0. The lowest BCUT2D eigenvalue weighted by molar-refractivity contribution is -0.139. The SMILES string of the molecule is CCNS(=O)(=O)NCC(=O)OC. The molecule has 0 fully saturated rings. The molecule has 0 aliphatic rings. The first-order valence-electron chi connectivity index (χ1n) is 3.33. The van der Waals surface area contributed by atoms with Crippen molar-refractivity contribution < 1.29 is 17.9 Å². The Labute approximate surface area is 71.5 Å². The summed E-state index contributed by atoms with van der Waals surface area (Å²) in [6.07, 6.45) is 0. The van der Waals surface area contributed by atoms with Gasteiger partial charge in [0.2, 0.25) is 0 Å². The summed E-state index contributed by atoms with van der Waals surface area (Å²) >= 11 is 0. The molecule has 0 aliphatic heterocycles. The quantitative estimate of drug-likeness (QED) is 0.530. The van der Waals surface area contributed by atoms with Crippen molar-refractivity contribution >= 4 is 16.2 Å². The van der Waals surface area contributed by atoms with Gasteiger partial charge in [0.25, 0.3) is 10.2 Å². The third-order valence-electron chi connectivity index (χ3n) is 0.969. The molecule has 0 aromatic rings. The van der Waals surface area contributed by atoms with Gasteiger partial charge in [0.05, 0.1) is 7.11 Å². The Hall–Kier alpha value is -0.660. The van der Waals surface area contributed by atoms with Crippen LogP contribution in [0.1, 0.15) is 6.92 Å². The highest BCUT2D eigenvalue weighted by molar-refractivity contribution is 7.87. The molecule has 0 heterocycles. The largest absolute Gasteiger partial charge is 0.468 e. The van der Waals surface area contributed by atoms with Crippen LogP contribution in [0.2, 0.25) is 0 Å². The van der Waals surface area contributed by atoms with Crippen molar-refractivity contribution in [2.24, 2.45) is 0 Å². The van der Waals surface area contributed by atoms with Crippen molar-refractivity contribution in [3.63, 3.8) is 0 Å². The van der Waals surface area contributed by atoms with E-state index in [1.54, 1.807) is 6.92 Å². The Morgan fingerprint density at radius 3 is 2.42 bits per heavy atom. The minimum absolute atomic E-state index is 0.274. The van der Waals surface area contributed by atoms with Crippen molar-refractivity contribution in [1.29, 1.82) is 0 Å². The smallest absolute Gasteiger partial charge is 0.320 e. The summed E-state index contributed by atoms with van der Waals surface area (Å²) in [4.78, 5) is 10.5. The van der Waals surface area contributed by atoms with Crippen LogP contribution in [0.25, 0.3) is 0 Å². The lowest BCUT2D eigenvalue weighted by Gasteiger charge is -2.04. The second-order valence-corrected chi connectivity index (χ2v) is 3.48. The number of esters is 1. The average Bonchev–Trinajstić information content (AvgIpc) is 2.00. The van der Waals surface area contributed by atoms with E-state index in [9.17, 15) is 13.2 Å². The molecule has 0 aromatic carbocycles. The summed E-state index contributed by atoms with van der Waals surface area (Å²) in [5, 5.41) is 0. The average molecular weight is 196 g/mol. The van der Waals surface area contributed by atoms with E-state index in [0.717, 1.165) is 0 Å². The molecule has 0 bridgehead atoms. The van der Waals surface area contributed by atoms with Crippen molar-refractivity contribution in [2.45, 2.75) is 6.92 Å². The van der Waals surface area contributed by atoms with Gasteiger partial charge in [-0.3, -0.25) is 4.79 Å². The molecular formula is C5H12N2O4S. The van der Waals surface area contributed by atoms with E-state index in [2.05, 4.69) is 9.46 Å². The third kappa shape index (κ3) is 5.05. The molecule has 0 atom stereocenters. The maximum Gasteiger partial charge on any atom is 0.320 e. The zero-order valence-corrected chi connectivity index (χ0v) is 7.77. The predicted octanol–water partition coefficient (Wildman–Crippen LogP) is -1.40. The van der Waals surface area contributed by atoms with E-state index in [1.807, 2.05) is 4.72 Å². The molecular weight excluding hydrogens is 184 g/mol. The number of methoxy groups -OCH3 is 1. The van der Waals surface area contributed by atoms with Crippen LogP contribution < -0.4 is 9.44 Å². The summed E-state index contributed by atoms with van der Waals surface area (Å²) in [7, 11) is -2.35. The first kappa shape index (κ1) is 11.3. The Morgan fingerprint density at radius 1 is 1.42 bits per heavy atom. The minimum atomic E-state index is -3.54. The molecule has 7 heteroatoms. The normalized spacial score (nSPS) is 11.2. The fourth-order valence-electron chi connectivity index (χ4n) is 0.467. The Balaban J connectivity index is 3.84. The molecule has 0 spiro atoms. The van der Waals surface area contributed by atoms with Crippen molar-refractivity contribution in [2.75, 3.05) is 20.2 Å². The molecule has 0 aliphatic carbocycles. The zero-order chi connectivity index (χ0) is 9.61. The number of carbonyl (C=O) groups excluding carboxylic acids is 1. The van der Waals surface area contributed by atoms with Crippen LogP contribution >= 0.6 is 0 Å². The Morgan fingerprint density at radius 2 is 2.00 bits per heavy atom. The molecule has 0 amide bonds. The lowest BCUT2D eigenvalue weighted by Crippen LogP contribution is -2.39. The summed E-state index contributed by atoms with van der Waals surface area (Å²) in [6.45, 7) is 1.56. The van der Waals surface area contributed by atoms with Gasteiger partial charge in [-0.1, -0.05) is 6.92 Å². The van der Waals surface area contributed by atoms with Gasteiger partial charge < -0.3 is 4.74 Å². The number of ether oxygens (including phenoxy) is 1. The molecule has 0 unspecified atom stereocenters. The number of carbonyl (C=O) groups is 1. The molecule has 12 heavy (non-hydrogen) atoms. The molecule has 0 saturated carbocycles. The second-order valence-electron chi connectivity index (χ2n) is 1.90. The van der Waals surface area contributed by atoms with E-state index in [0.29, 0.717) is 0 Å². The Kier molecular flexibility index (Phi) is 4.79. The molecule has 6 nitrogen and oxygen atoms in total. The first-order valence-corrected chi connectivity index (χ1v) is 4.81. The number of hydrogen-bond donors (Lipinski definition) is 2. The fourth-order valence-corrected chi connectivity index (χ4v) is 1.26. The van der Waals surface area contributed by atoms with Gasteiger partial charge in [-0.25, -0.2) is 4.72 Å². The minimum Gasteiger partial charge on any atom is -0.468 e. The van der Waals surface area contributed by atoms with Gasteiger partial charge >= 0.3 is 5.97 Å². The first-order chi connectivity index (χ1) is 5.52. The number of hydrogen-bond acceptors (Lipinski definition) is 4. The van der Waals surface area contributed by atoms with Crippen LogP contribution in [0.15, 0.2) is 0 Å². The van der Waals surface area contributed by atoms with Crippen LogP contribution in [0.5, 0.6) is 0 Å². The van der Waals surface area contributed by atoms with Crippen molar-refractivity contribution in [3.8, 4) is 0 Å². The molecule has 0 saturated heterocycles. The maximum absolute atomic E-state index is 10.8. The van der Waals surface area contributed by atoms with E-state index in [-0.39, 0.29) is 13.1 Å². The maximum atomic E-state index is 10.8. The lowest BCUT2D eigenvalue weighted by atomic mass is 10.7. The highest BCUT2D eigenvalue weighted by Gasteiger charge is 2.09. The van der Waals surface area contributed by atoms with Crippen LogP contribution in [0.4, 0.5) is 0 Å². The van der Waals surface area contributed by atoms with E-state index >= 15 is 0 Å². The molecule has 0 radical (unpaired) electrons. The van der Waals surface area contributed by atoms with Crippen LogP contribution in [0.3, 0.4) is 0 Å². The highest BCUT2D eigenvalue weighted by atomic mass is 32.2. The molecule has 2 N–H and O–H groups in total. The molecule has 72 valence electrons. The molecule has 0 aromatic heterocycles. The standard InChI is InChI=1S/C5H12N2O4S/c1-3-6-12(9,10)7-4-5(8)11-2/h6-7H,3-4H2,1-2H3. The third-order valence-corrected chi connectivity index (χ3v) is 2.16. The van der Waals surface area contributed by atoms with Gasteiger partial charge in [0.15, 0.2) is 0 Å². The summed E-state index contributed by atoms with van der Waals surface area (Å²) < 4.78 is 30.0. The Bertz CT molecular complexity index is 236. The monoisotopic (exact) mass is 196 g/mol. The molecule has 0 rings (SSSR count). The van der Waals surface area contributed by atoms with Crippen LogP contribution in [0, 0.1) is 0 Å².